The number of fused-ring (bicyclic) bond motifs is 1. The molecule has 0 aliphatic heterocycles. The molecule has 0 bridgehead atoms. The van der Waals surface area contributed by atoms with Crippen LogP contribution in [0.1, 0.15) is 44.0 Å². The number of benzene rings is 2. The number of para-hydroxylation sites is 1. The average molecular weight is 422 g/mol. The fraction of sp³-hybridized carbons (Fsp3) is 0.280. The van der Waals surface area contributed by atoms with Crippen molar-refractivity contribution in [3.8, 4) is 17.2 Å². The van der Waals surface area contributed by atoms with E-state index in [1.165, 1.54) is 0 Å². The van der Waals surface area contributed by atoms with Gasteiger partial charge in [0.2, 0.25) is 0 Å². The topological polar surface area (TPSA) is 75.0 Å². The van der Waals surface area contributed by atoms with Crippen molar-refractivity contribution in [1.82, 2.24) is 0 Å². The van der Waals surface area contributed by atoms with Crippen LogP contribution in [0, 0.1) is 0 Å². The summed E-state index contributed by atoms with van der Waals surface area (Å²) in [7, 11) is 0. The number of ether oxygens (including phenoxy) is 3. The van der Waals surface area contributed by atoms with Gasteiger partial charge in [-0.05, 0) is 51.0 Å². The van der Waals surface area contributed by atoms with Crippen molar-refractivity contribution in [3.63, 3.8) is 0 Å². The highest BCUT2D eigenvalue weighted by atomic mass is 16.6. The molecule has 0 unspecified atom stereocenters. The maximum Gasteiger partial charge on any atom is 0.383 e. The van der Waals surface area contributed by atoms with Gasteiger partial charge in [-0.3, -0.25) is 0 Å². The highest BCUT2D eigenvalue weighted by molar-refractivity contribution is 5.94. The predicted octanol–water partition coefficient (Wildman–Crippen LogP) is 5.53. The summed E-state index contributed by atoms with van der Waals surface area (Å²) in [5.41, 5.74) is -0.244. The van der Waals surface area contributed by atoms with Gasteiger partial charge in [0.1, 0.15) is 0 Å². The van der Waals surface area contributed by atoms with Crippen molar-refractivity contribution in [2.24, 2.45) is 0 Å². The Bertz CT molecular complexity index is 1110. The number of allylic oxidation sites excluding steroid dienone is 1. The molecule has 0 saturated carbocycles. The fourth-order valence-electron chi connectivity index (χ4n) is 2.97. The van der Waals surface area contributed by atoms with Crippen molar-refractivity contribution in [2.75, 3.05) is 6.61 Å². The van der Waals surface area contributed by atoms with E-state index >= 15 is 0 Å². The van der Waals surface area contributed by atoms with E-state index in [2.05, 4.69) is 0 Å². The lowest BCUT2D eigenvalue weighted by Gasteiger charge is -2.15. The molecule has 162 valence electrons. The van der Waals surface area contributed by atoms with Gasteiger partial charge in [0.15, 0.2) is 17.1 Å². The molecule has 1 aromatic heterocycles. The second-order valence-corrected chi connectivity index (χ2v) is 7.12. The van der Waals surface area contributed by atoms with Crippen LogP contribution >= 0.6 is 0 Å². The summed E-state index contributed by atoms with van der Waals surface area (Å²) < 4.78 is 22.6. The molecule has 1 heterocycles. The summed E-state index contributed by atoms with van der Waals surface area (Å²) >= 11 is 0. The quantitative estimate of drug-likeness (QED) is 0.195. The Hall–Kier alpha value is -3.54. The summed E-state index contributed by atoms with van der Waals surface area (Å²) in [6.07, 6.45) is 5.48. The SMILES string of the molecule is CC/C=C/CCOc1c(OC(=O)c2ccccc2)c(=O)oc2c(OC(C)C)cccc12. The predicted molar refractivity (Wildman–Crippen MR) is 119 cm³/mol. The van der Waals surface area contributed by atoms with Crippen LogP contribution in [0.5, 0.6) is 17.2 Å². The third-order valence-corrected chi connectivity index (χ3v) is 4.31. The molecule has 3 aromatic rings. The van der Waals surface area contributed by atoms with Crippen LogP contribution in [-0.2, 0) is 0 Å². The largest absolute Gasteiger partial charge is 0.488 e. The summed E-state index contributed by atoms with van der Waals surface area (Å²) in [6, 6.07) is 13.7. The van der Waals surface area contributed by atoms with Crippen LogP contribution in [0.3, 0.4) is 0 Å². The van der Waals surface area contributed by atoms with Crippen molar-refractivity contribution in [3.05, 3.63) is 76.7 Å². The monoisotopic (exact) mass is 422 g/mol. The first-order valence-electron chi connectivity index (χ1n) is 10.3. The normalized spacial score (nSPS) is 11.2. The van der Waals surface area contributed by atoms with Crippen LogP contribution in [0.25, 0.3) is 11.0 Å². The first-order chi connectivity index (χ1) is 15.0. The highest BCUT2D eigenvalue weighted by Crippen LogP contribution is 2.37. The van der Waals surface area contributed by atoms with Crippen molar-refractivity contribution in [2.45, 2.75) is 39.7 Å². The second kappa shape index (κ2) is 10.5. The Balaban J connectivity index is 2.05. The van der Waals surface area contributed by atoms with Crippen LogP contribution in [0.4, 0.5) is 0 Å². The molecule has 0 N–H and O–H groups in total. The highest BCUT2D eigenvalue weighted by Gasteiger charge is 2.23. The number of esters is 1. The van der Waals surface area contributed by atoms with Crippen molar-refractivity contribution >= 4 is 16.9 Å². The Morgan fingerprint density at radius 3 is 2.52 bits per heavy atom. The third kappa shape index (κ3) is 5.54. The van der Waals surface area contributed by atoms with E-state index in [9.17, 15) is 9.59 Å². The zero-order valence-corrected chi connectivity index (χ0v) is 17.9. The lowest BCUT2D eigenvalue weighted by atomic mass is 10.2. The molecule has 3 rings (SSSR count). The lowest BCUT2D eigenvalue weighted by molar-refractivity contribution is 0.0721. The van der Waals surface area contributed by atoms with Crippen molar-refractivity contribution in [1.29, 1.82) is 0 Å². The number of rotatable bonds is 9. The van der Waals surface area contributed by atoms with E-state index in [4.69, 9.17) is 18.6 Å². The van der Waals surface area contributed by atoms with E-state index in [1.54, 1.807) is 48.5 Å². The molecular formula is C25H26O6. The molecule has 0 atom stereocenters. The molecule has 6 heteroatoms. The molecule has 0 saturated heterocycles. The first kappa shape index (κ1) is 22.2. The van der Waals surface area contributed by atoms with Crippen LogP contribution in [0.15, 0.2) is 69.9 Å². The molecule has 0 aliphatic carbocycles. The van der Waals surface area contributed by atoms with Crippen molar-refractivity contribution < 1.29 is 23.4 Å². The zero-order valence-electron chi connectivity index (χ0n) is 17.9. The summed E-state index contributed by atoms with van der Waals surface area (Å²) in [5.74, 6) is -0.365. The van der Waals surface area contributed by atoms with Gasteiger partial charge in [-0.2, -0.15) is 0 Å². The van der Waals surface area contributed by atoms with Crippen LogP contribution < -0.4 is 19.8 Å². The smallest absolute Gasteiger partial charge is 0.383 e. The van der Waals surface area contributed by atoms with Gasteiger partial charge in [0.25, 0.3) is 5.75 Å². The number of hydrogen-bond acceptors (Lipinski definition) is 6. The maximum atomic E-state index is 12.8. The summed E-state index contributed by atoms with van der Waals surface area (Å²) in [5, 5.41) is 0.494. The van der Waals surface area contributed by atoms with Crippen LogP contribution in [0.2, 0.25) is 0 Å². The lowest BCUT2D eigenvalue weighted by Crippen LogP contribution is -2.16. The first-order valence-corrected chi connectivity index (χ1v) is 10.3. The summed E-state index contributed by atoms with van der Waals surface area (Å²) in [4.78, 5) is 25.4. The molecule has 0 radical (unpaired) electrons. The third-order valence-electron chi connectivity index (χ3n) is 4.31. The Labute approximate surface area is 181 Å². The molecule has 6 nitrogen and oxygen atoms in total. The molecule has 0 aliphatic rings. The average Bonchev–Trinajstić information content (AvgIpc) is 2.76. The molecular weight excluding hydrogens is 396 g/mol. The number of hydrogen-bond donors (Lipinski definition) is 0. The Morgan fingerprint density at radius 1 is 1.03 bits per heavy atom. The van der Waals surface area contributed by atoms with Gasteiger partial charge in [0, 0.05) is 0 Å². The summed E-state index contributed by atoms with van der Waals surface area (Å²) in [6.45, 7) is 6.11. The molecule has 31 heavy (non-hydrogen) atoms. The minimum atomic E-state index is -0.810. The van der Waals surface area contributed by atoms with Gasteiger partial charge < -0.3 is 18.6 Å². The minimum absolute atomic E-state index is 0.116. The van der Waals surface area contributed by atoms with E-state index in [-0.39, 0.29) is 23.2 Å². The Kier molecular flexibility index (Phi) is 7.49. The minimum Gasteiger partial charge on any atom is -0.488 e. The molecule has 0 spiro atoms. The number of carbonyl (C=O) groups is 1. The second-order valence-electron chi connectivity index (χ2n) is 7.12. The molecule has 2 aromatic carbocycles. The van der Waals surface area contributed by atoms with E-state index < -0.39 is 11.6 Å². The molecule has 0 amide bonds. The Morgan fingerprint density at radius 2 is 1.81 bits per heavy atom. The van der Waals surface area contributed by atoms with E-state index in [0.29, 0.717) is 29.7 Å². The fourth-order valence-corrected chi connectivity index (χ4v) is 2.97. The van der Waals surface area contributed by atoms with E-state index in [1.807, 2.05) is 32.9 Å². The number of carbonyl (C=O) groups excluding carboxylic acids is 1. The standard InChI is InChI=1S/C25H26O6/c1-4-5-6-10-16-28-22-19-14-11-15-20(29-17(2)3)21(19)30-25(27)23(22)31-24(26)18-12-8-7-9-13-18/h5-9,11-15,17H,4,10,16H2,1-3H3/b6-5+. The molecule has 0 fully saturated rings. The van der Waals surface area contributed by atoms with Gasteiger partial charge in [-0.1, -0.05) is 43.3 Å². The zero-order chi connectivity index (χ0) is 22.2. The van der Waals surface area contributed by atoms with Crippen LogP contribution in [-0.4, -0.2) is 18.7 Å². The maximum absolute atomic E-state index is 12.8. The van der Waals surface area contributed by atoms with Gasteiger partial charge in [-0.15, -0.1) is 0 Å². The van der Waals surface area contributed by atoms with Gasteiger partial charge >= 0.3 is 11.6 Å². The van der Waals surface area contributed by atoms with E-state index in [0.717, 1.165) is 6.42 Å². The van der Waals surface area contributed by atoms with Gasteiger partial charge in [-0.25, -0.2) is 9.59 Å². The van der Waals surface area contributed by atoms with Gasteiger partial charge in [0.05, 0.1) is 23.7 Å².